The minimum absolute atomic E-state index is 0. The molecule has 0 aliphatic carbocycles. The molecule has 0 fully saturated rings. The summed E-state index contributed by atoms with van der Waals surface area (Å²) in [6.45, 7) is 1.76. The van der Waals surface area contributed by atoms with Gasteiger partial charge in [-0.25, -0.2) is 0 Å². The molecule has 0 saturated carbocycles. The fourth-order valence-electron chi connectivity index (χ4n) is 1.50. The normalized spacial score (nSPS) is 11.3. The van der Waals surface area contributed by atoms with E-state index < -0.39 is 11.0 Å². The minimum Gasteiger partial charge on any atom is -0.340 e. The van der Waals surface area contributed by atoms with Gasteiger partial charge in [0.05, 0.1) is 17.5 Å². The van der Waals surface area contributed by atoms with Crippen LogP contribution in [0.5, 0.6) is 0 Å². The Kier molecular flexibility index (Phi) is 6.29. The summed E-state index contributed by atoms with van der Waals surface area (Å²) in [6, 6.07) is 5.73. The van der Waals surface area contributed by atoms with Crippen molar-refractivity contribution < 1.29 is 9.72 Å². The van der Waals surface area contributed by atoms with Crippen molar-refractivity contribution in [1.82, 2.24) is 4.90 Å². The molecule has 0 aliphatic heterocycles. The highest BCUT2D eigenvalue weighted by Crippen LogP contribution is 2.19. The molecule has 0 radical (unpaired) electrons. The van der Waals surface area contributed by atoms with E-state index in [-0.39, 0.29) is 30.5 Å². The quantitative estimate of drug-likeness (QED) is 0.662. The van der Waals surface area contributed by atoms with E-state index in [0.29, 0.717) is 5.56 Å². The first-order chi connectivity index (χ1) is 7.93. The molecule has 0 aromatic heterocycles. The van der Waals surface area contributed by atoms with E-state index in [1.54, 1.807) is 32.2 Å². The highest BCUT2D eigenvalue weighted by Gasteiger charge is 2.18. The first kappa shape index (κ1) is 16.3. The second kappa shape index (κ2) is 6.93. The lowest BCUT2D eigenvalue weighted by atomic mass is 10.1. The molecule has 6 nitrogen and oxygen atoms in total. The number of carbonyl (C=O) groups excluding carboxylic acids is 1. The highest BCUT2D eigenvalue weighted by molar-refractivity contribution is 5.85. The Balaban J connectivity index is 0.00000289. The second-order valence-corrected chi connectivity index (χ2v) is 3.87. The Labute approximate surface area is 111 Å². The molecule has 0 aliphatic rings. The Morgan fingerprint density at radius 1 is 1.50 bits per heavy atom. The summed E-state index contributed by atoms with van der Waals surface area (Å²) in [7, 11) is 1.57. The van der Waals surface area contributed by atoms with Crippen molar-refractivity contribution in [3.63, 3.8) is 0 Å². The van der Waals surface area contributed by atoms with Crippen molar-refractivity contribution in [2.24, 2.45) is 5.73 Å². The number of hydrogen-bond donors (Lipinski definition) is 1. The number of nitro benzene ring substituents is 1. The van der Waals surface area contributed by atoms with E-state index in [0.717, 1.165) is 0 Å². The van der Waals surface area contributed by atoms with Gasteiger partial charge in [0.1, 0.15) is 0 Å². The zero-order valence-corrected chi connectivity index (χ0v) is 11.0. The lowest BCUT2D eigenvalue weighted by molar-refractivity contribution is -0.385. The van der Waals surface area contributed by atoms with Crippen molar-refractivity contribution >= 4 is 24.0 Å². The van der Waals surface area contributed by atoms with E-state index in [4.69, 9.17) is 5.73 Å². The number of para-hydroxylation sites is 1. The van der Waals surface area contributed by atoms with Gasteiger partial charge in [0.25, 0.3) is 5.69 Å². The lowest BCUT2D eigenvalue weighted by Crippen LogP contribution is -2.39. The third-order valence-corrected chi connectivity index (χ3v) is 2.36. The zero-order valence-electron chi connectivity index (χ0n) is 10.2. The SMILES string of the molecule is C[C@H](N)C(=O)N(C)Cc1ccccc1[N+](=O)[O-].Cl. The predicted molar refractivity (Wildman–Crippen MR) is 70.5 cm³/mol. The number of likely N-dealkylation sites (N-methyl/N-ethyl adjacent to an activating group) is 1. The summed E-state index contributed by atoms with van der Waals surface area (Å²) in [5.41, 5.74) is 5.97. The number of amides is 1. The Bertz CT molecular complexity index is 437. The van der Waals surface area contributed by atoms with Gasteiger partial charge < -0.3 is 10.6 Å². The Morgan fingerprint density at radius 2 is 2.06 bits per heavy atom. The second-order valence-electron chi connectivity index (χ2n) is 3.87. The molecule has 1 atom stereocenters. The molecule has 2 N–H and O–H groups in total. The van der Waals surface area contributed by atoms with Crippen LogP contribution >= 0.6 is 12.4 Å². The van der Waals surface area contributed by atoms with Crippen LogP contribution in [0.25, 0.3) is 0 Å². The summed E-state index contributed by atoms with van der Waals surface area (Å²) in [4.78, 5) is 23.3. The predicted octanol–water partition coefficient (Wildman–Crippen LogP) is 1.32. The van der Waals surface area contributed by atoms with Crippen LogP contribution in [0.1, 0.15) is 12.5 Å². The fourth-order valence-corrected chi connectivity index (χ4v) is 1.50. The number of rotatable bonds is 4. The Morgan fingerprint density at radius 3 is 2.56 bits per heavy atom. The first-order valence-corrected chi connectivity index (χ1v) is 5.16. The number of hydrogen-bond acceptors (Lipinski definition) is 4. The number of benzene rings is 1. The molecule has 0 spiro atoms. The van der Waals surface area contributed by atoms with E-state index in [1.165, 1.54) is 11.0 Å². The van der Waals surface area contributed by atoms with Gasteiger partial charge in [-0.3, -0.25) is 14.9 Å². The molecular weight excluding hydrogens is 258 g/mol. The molecule has 1 aromatic carbocycles. The number of carbonyl (C=O) groups is 1. The molecule has 1 aromatic rings. The van der Waals surface area contributed by atoms with Gasteiger partial charge in [-0.05, 0) is 6.92 Å². The number of halogens is 1. The van der Waals surface area contributed by atoms with Crippen LogP contribution < -0.4 is 5.73 Å². The van der Waals surface area contributed by atoms with Gasteiger partial charge in [-0.15, -0.1) is 12.4 Å². The average Bonchev–Trinajstić information content (AvgIpc) is 2.28. The smallest absolute Gasteiger partial charge is 0.274 e. The van der Waals surface area contributed by atoms with Crippen LogP contribution in [-0.2, 0) is 11.3 Å². The summed E-state index contributed by atoms with van der Waals surface area (Å²) in [5.74, 6) is -0.247. The molecule has 1 amide bonds. The zero-order chi connectivity index (χ0) is 13.0. The largest absolute Gasteiger partial charge is 0.340 e. The van der Waals surface area contributed by atoms with Crippen LogP contribution in [0.3, 0.4) is 0 Å². The monoisotopic (exact) mass is 273 g/mol. The lowest BCUT2D eigenvalue weighted by Gasteiger charge is -2.19. The van der Waals surface area contributed by atoms with Gasteiger partial charge in [0.15, 0.2) is 0 Å². The number of nitrogens with zero attached hydrogens (tertiary/aromatic N) is 2. The summed E-state index contributed by atoms with van der Waals surface area (Å²) in [6.07, 6.45) is 0. The molecule has 0 bridgehead atoms. The van der Waals surface area contributed by atoms with E-state index in [1.807, 2.05) is 0 Å². The van der Waals surface area contributed by atoms with Crippen molar-refractivity contribution in [3.05, 3.63) is 39.9 Å². The molecule has 0 saturated heterocycles. The third-order valence-electron chi connectivity index (χ3n) is 2.36. The van der Waals surface area contributed by atoms with Crippen LogP contribution in [-0.4, -0.2) is 28.8 Å². The molecule has 7 heteroatoms. The van der Waals surface area contributed by atoms with Crippen molar-refractivity contribution in [2.45, 2.75) is 19.5 Å². The van der Waals surface area contributed by atoms with Gasteiger partial charge in [0, 0.05) is 18.7 Å². The van der Waals surface area contributed by atoms with Crippen LogP contribution in [0.2, 0.25) is 0 Å². The van der Waals surface area contributed by atoms with Gasteiger partial charge in [0.2, 0.25) is 5.91 Å². The maximum Gasteiger partial charge on any atom is 0.274 e. The van der Waals surface area contributed by atoms with Crippen molar-refractivity contribution in [1.29, 1.82) is 0 Å². The minimum atomic E-state index is -0.609. The summed E-state index contributed by atoms with van der Waals surface area (Å²) in [5, 5.41) is 10.8. The van der Waals surface area contributed by atoms with Gasteiger partial charge >= 0.3 is 0 Å². The molecule has 18 heavy (non-hydrogen) atoms. The van der Waals surface area contributed by atoms with Crippen molar-refractivity contribution in [2.75, 3.05) is 7.05 Å². The van der Waals surface area contributed by atoms with Crippen LogP contribution in [0.15, 0.2) is 24.3 Å². The number of nitro groups is 1. The van der Waals surface area contributed by atoms with E-state index in [9.17, 15) is 14.9 Å². The molecule has 0 unspecified atom stereocenters. The van der Waals surface area contributed by atoms with Gasteiger partial charge in [-0.2, -0.15) is 0 Å². The molecular formula is C11H16ClN3O3. The summed E-state index contributed by atoms with van der Waals surface area (Å²) < 4.78 is 0. The molecule has 0 heterocycles. The molecule has 1 rings (SSSR count). The van der Waals surface area contributed by atoms with E-state index in [2.05, 4.69) is 0 Å². The maximum absolute atomic E-state index is 11.6. The summed E-state index contributed by atoms with van der Waals surface area (Å²) >= 11 is 0. The highest BCUT2D eigenvalue weighted by atomic mass is 35.5. The van der Waals surface area contributed by atoms with Crippen molar-refractivity contribution in [3.8, 4) is 0 Å². The average molecular weight is 274 g/mol. The topological polar surface area (TPSA) is 89.5 Å². The third kappa shape index (κ3) is 3.97. The fraction of sp³-hybridized carbons (Fsp3) is 0.364. The maximum atomic E-state index is 11.6. The standard InChI is InChI=1S/C11H15N3O3.ClH/c1-8(12)11(15)13(2)7-9-5-3-4-6-10(9)14(16)17;/h3-6,8H,7,12H2,1-2H3;1H/t8-;/m0./s1. The van der Waals surface area contributed by atoms with Gasteiger partial charge in [-0.1, -0.05) is 18.2 Å². The van der Waals surface area contributed by atoms with Crippen LogP contribution in [0, 0.1) is 10.1 Å². The molecule has 100 valence electrons. The first-order valence-electron chi connectivity index (χ1n) is 5.16. The van der Waals surface area contributed by atoms with Crippen LogP contribution in [0.4, 0.5) is 5.69 Å². The van der Waals surface area contributed by atoms with E-state index >= 15 is 0 Å². The number of nitrogens with two attached hydrogens (primary N) is 1. The Hall–Kier alpha value is -1.66.